The highest BCUT2D eigenvalue weighted by molar-refractivity contribution is 5.98. The van der Waals surface area contributed by atoms with Crippen LogP contribution < -0.4 is 0 Å². The van der Waals surface area contributed by atoms with Gasteiger partial charge in [0.1, 0.15) is 6.10 Å². The van der Waals surface area contributed by atoms with Gasteiger partial charge in [-0.3, -0.25) is 4.79 Å². The van der Waals surface area contributed by atoms with Crippen molar-refractivity contribution in [2.24, 2.45) is 0 Å². The summed E-state index contributed by atoms with van der Waals surface area (Å²) in [4.78, 5) is 10.4. The predicted octanol–water partition coefficient (Wildman–Crippen LogP) is 1.53. The summed E-state index contributed by atoms with van der Waals surface area (Å²) in [5.74, 6) is 0.275. The fourth-order valence-corrected chi connectivity index (χ4v) is 0.853. The minimum atomic E-state index is -0.0168. The van der Waals surface area contributed by atoms with Gasteiger partial charge in [0.25, 0.3) is 0 Å². The zero-order valence-electron chi connectivity index (χ0n) is 6.43. The second kappa shape index (κ2) is 3.71. The SMILES string of the molecule is CCCCCOC1CC1=O. The topological polar surface area (TPSA) is 26.3 Å². The molecule has 58 valence electrons. The Morgan fingerprint density at radius 2 is 2.30 bits per heavy atom. The van der Waals surface area contributed by atoms with Crippen LogP contribution in [0, 0.1) is 0 Å². The van der Waals surface area contributed by atoms with Crippen molar-refractivity contribution in [2.45, 2.75) is 38.7 Å². The summed E-state index contributed by atoms with van der Waals surface area (Å²) >= 11 is 0. The van der Waals surface area contributed by atoms with Gasteiger partial charge in [-0.2, -0.15) is 0 Å². The third-order valence-electron chi connectivity index (χ3n) is 1.65. The molecule has 1 atom stereocenters. The highest BCUT2D eigenvalue weighted by Crippen LogP contribution is 2.18. The maximum absolute atomic E-state index is 10.4. The van der Waals surface area contributed by atoms with Crippen LogP contribution in [0.25, 0.3) is 0 Å². The lowest BCUT2D eigenvalue weighted by molar-refractivity contribution is -0.113. The molecule has 2 nitrogen and oxygen atoms in total. The molecule has 0 aromatic heterocycles. The van der Waals surface area contributed by atoms with Crippen molar-refractivity contribution in [2.75, 3.05) is 6.61 Å². The second-order valence-electron chi connectivity index (χ2n) is 2.74. The average molecular weight is 142 g/mol. The van der Waals surface area contributed by atoms with Crippen molar-refractivity contribution in [3.05, 3.63) is 0 Å². The monoisotopic (exact) mass is 142 g/mol. The molecular weight excluding hydrogens is 128 g/mol. The van der Waals surface area contributed by atoms with E-state index >= 15 is 0 Å². The Hall–Kier alpha value is -0.370. The van der Waals surface area contributed by atoms with Crippen LogP contribution in [-0.2, 0) is 9.53 Å². The maximum Gasteiger partial charge on any atom is 0.165 e. The van der Waals surface area contributed by atoms with Crippen molar-refractivity contribution >= 4 is 5.78 Å². The van der Waals surface area contributed by atoms with Crippen molar-refractivity contribution in [1.82, 2.24) is 0 Å². The molecule has 0 amide bonds. The van der Waals surface area contributed by atoms with E-state index in [0.717, 1.165) is 13.0 Å². The van der Waals surface area contributed by atoms with Crippen LogP contribution in [0.3, 0.4) is 0 Å². The van der Waals surface area contributed by atoms with E-state index in [1.807, 2.05) is 0 Å². The first-order valence-corrected chi connectivity index (χ1v) is 3.99. The van der Waals surface area contributed by atoms with Gasteiger partial charge in [0, 0.05) is 13.0 Å². The highest BCUT2D eigenvalue weighted by atomic mass is 16.5. The molecule has 0 radical (unpaired) electrons. The van der Waals surface area contributed by atoms with Gasteiger partial charge in [0.2, 0.25) is 0 Å². The van der Waals surface area contributed by atoms with E-state index < -0.39 is 0 Å². The summed E-state index contributed by atoms with van der Waals surface area (Å²) in [6.07, 6.45) is 4.16. The van der Waals surface area contributed by atoms with Crippen molar-refractivity contribution < 1.29 is 9.53 Å². The Balaban J connectivity index is 1.82. The lowest BCUT2D eigenvalue weighted by Crippen LogP contribution is -1.98. The van der Waals surface area contributed by atoms with E-state index in [2.05, 4.69) is 6.92 Å². The van der Waals surface area contributed by atoms with Gasteiger partial charge in [-0.25, -0.2) is 0 Å². The van der Waals surface area contributed by atoms with Gasteiger partial charge in [-0.1, -0.05) is 19.8 Å². The number of carbonyl (C=O) groups is 1. The van der Waals surface area contributed by atoms with Gasteiger partial charge in [0.15, 0.2) is 5.78 Å². The lowest BCUT2D eigenvalue weighted by Gasteiger charge is -1.97. The quantitative estimate of drug-likeness (QED) is 0.544. The molecule has 0 heterocycles. The maximum atomic E-state index is 10.4. The summed E-state index contributed by atoms with van der Waals surface area (Å²) < 4.78 is 5.22. The van der Waals surface area contributed by atoms with Crippen LogP contribution in [0.1, 0.15) is 32.6 Å². The van der Waals surface area contributed by atoms with Crippen molar-refractivity contribution in [3.8, 4) is 0 Å². The average Bonchev–Trinajstić information content (AvgIpc) is 2.60. The molecule has 10 heavy (non-hydrogen) atoms. The Bertz CT molecular complexity index is 120. The Labute approximate surface area is 61.6 Å². The molecule has 0 spiro atoms. The zero-order valence-corrected chi connectivity index (χ0v) is 6.43. The summed E-state index contributed by atoms with van der Waals surface area (Å²) in [6.45, 7) is 2.92. The summed E-state index contributed by atoms with van der Waals surface area (Å²) in [5.41, 5.74) is 0. The molecule has 0 bridgehead atoms. The largest absolute Gasteiger partial charge is 0.370 e. The Morgan fingerprint density at radius 3 is 2.80 bits per heavy atom. The normalized spacial score (nSPS) is 23.3. The highest BCUT2D eigenvalue weighted by Gasteiger charge is 2.35. The Kier molecular flexibility index (Phi) is 2.87. The molecule has 2 heteroatoms. The van der Waals surface area contributed by atoms with Gasteiger partial charge in [-0.05, 0) is 6.42 Å². The summed E-state index contributed by atoms with van der Waals surface area (Å²) in [5, 5.41) is 0. The molecule has 0 N–H and O–H groups in total. The van der Waals surface area contributed by atoms with Crippen molar-refractivity contribution in [1.29, 1.82) is 0 Å². The molecule has 0 aromatic rings. The number of hydrogen-bond acceptors (Lipinski definition) is 2. The summed E-state index contributed by atoms with van der Waals surface area (Å²) in [7, 11) is 0. The molecule has 1 aliphatic carbocycles. The molecular formula is C8H14O2. The molecule has 1 aliphatic rings. The number of unbranched alkanes of at least 4 members (excludes halogenated alkanes) is 2. The van der Waals surface area contributed by atoms with Crippen LogP contribution in [0.4, 0.5) is 0 Å². The molecule has 1 fully saturated rings. The molecule has 0 saturated heterocycles. The summed E-state index contributed by atoms with van der Waals surface area (Å²) in [6, 6.07) is 0. The number of ether oxygens (including phenoxy) is 1. The smallest absolute Gasteiger partial charge is 0.165 e. The van der Waals surface area contributed by atoms with Gasteiger partial charge >= 0.3 is 0 Å². The number of ketones is 1. The zero-order chi connectivity index (χ0) is 7.40. The van der Waals surface area contributed by atoms with E-state index in [9.17, 15) is 4.79 Å². The molecule has 1 rings (SSSR count). The predicted molar refractivity (Wildman–Crippen MR) is 38.9 cm³/mol. The van der Waals surface area contributed by atoms with Crippen LogP contribution in [0.15, 0.2) is 0 Å². The van der Waals surface area contributed by atoms with Gasteiger partial charge < -0.3 is 4.74 Å². The number of Topliss-reactive ketones (excluding diaryl/α,β-unsaturated/α-hetero) is 1. The first-order valence-electron chi connectivity index (χ1n) is 3.99. The lowest BCUT2D eigenvalue weighted by atomic mass is 10.3. The molecule has 1 saturated carbocycles. The molecule has 0 aromatic carbocycles. The number of rotatable bonds is 5. The van der Waals surface area contributed by atoms with E-state index in [-0.39, 0.29) is 11.9 Å². The fraction of sp³-hybridized carbons (Fsp3) is 0.875. The van der Waals surface area contributed by atoms with E-state index in [4.69, 9.17) is 4.74 Å². The van der Waals surface area contributed by atoms with Crippen molar-refractivity contribution in [3.63, 3.8) is 0 Å². The van der Waals surface area contributed by atoms with Gasteiger partial charge in [0.05, 0.1) is 0 Å². The number of hydrogen-bond donors (Lipinski definition) is 0. The van der Waals surface area contributed by atoms with E-state index in [0.29, 0.717) is 6.42 Å². The minimum absolute atomic E-state index is 0.0168. The van der Waals surface area contributed by atoms with E-state index in [1.165, 1.54) is 12.8 Å². The van der Waals surface area contributed by atoms with Gasteiger partial charge in [-0.15, -0.1) is 0 Å². The standard InChI is InChI=1S/C8H14O2/c1-2-3-4-5-10-8-6-7(8)9/h8H,2-6H2,1H3. The molecule has 1 unspecified atom stereocenters. The van der Waals surface area contributed by atoms with Crippen LogP contribution >= 0.6 is 0 Å². The van der Waals surface area contributed by atoms with Crippen LogP contribution in [0.2, 0.25) is 0 Å². The molecule has 0 aliphatic heterocycles. The minimum Gasteiger partial charge on any atom is -0.370 e. The third kappa shape index (κ3) is 2.48. The Morgan fingerprint density at radius 1 is 1.60 bits per heavy atom. The first-order chi connectivity index (χ1) is 4.84. The third-order valence-corrected chi connectivity index (χ3v) is 1.65. The van der Waals surface area contributed by atoms with Crippen LogP contribution in [0.5, 0.6) is 0 Å². The fourth-order valence-electron chi connectivity index (χ4n) is 0.853. The second-order valence-corrected chi connectivity index (χ2v) is 2.74. The number of carbonyl (C=O) groups excluding carboxylic acids is 1. The van der Waals surface area contributed by atoms with E-state index in [1.54, 1.807) is 0 Å². The first kappa shape index (κ1) is 7.73. The van der Waals surface area contributed by atoms with Crippen LogP contribution in [-0.4, -0.2) is 18.5 Å².